The Balaban J connectivity index is 0.000000361. The van der Waals surface area contributed by atoms with Gasteiger partial charge < -0.3 is 45.1 Å². The smallest absolute Gasteiger partial charge is 0 e. The fourth-order valence-corrected chi connectivity index (χ4v) is 5.11. The van der Waals surface area contributed by atoms with Crippen molar-refractivity contribution in [3.63, 3.8) is 0 Å². The molecule has 0 bridgehead atoms. The normalized spacial score (nSPS) is 9.86. The molecule has 0 heterocycles. The fourth-order valence-electron chi connectivity index (χ4n) is 5.11. The van der Waals surface area contributed by atoms with E-state index in [1.165, 1.54) is 66.1 Å². The van der Waals surface area contributed by atoms with E-state index in [1.54, 1.807) is 0 Å². The number of hydrogen-bond acceptors (Lipinski definition) is 0. The van der Waals surface area contributed by atoms with Crippen LogP contribution in [0, 0.1) is 27.7 Å². The molecule has 6 aromatic carbocycles. The summed E-state index contributed by atoms with van der Waals surface area (Å²) in [5.74, 6) is 0. The van der Waals surface area contributed by atoms with Crippen molar-refractivity contribution in [3.8, 4) is 22.3 Å². The van der Waals surface area contributed by atoms with Crippen molar-refractivity contribution >= 4 is 21.5 Å². The minimum Gasteiger partial charge on any atom is -1.00 e. The van der Waals surface area contributed by atoms with Gasteiger partial charge in [-0.1, -0.05) is 99.5 Å². The van der Waals surface area contributed by atoms with Gasteiger partial charge in [-0.25, -0.2) is 0 Å². The fraction of sp³-hybridized carbons (Fsp3) is 0.179. The Morgan fingerprint density at radius 1 is 0.548 bits per heavy atom. The van der Waals surface area contributed by atoms with Crippen molar-refractivity contribution in [2.75, 3.05) is 0 Å². The molecule has 0 saturated carbocycles. The van der Waals surface area contributed by atoms with Crippen molar-refractivity contribution in [2.45, 2.75) is 47.0 Å². The molecule has 0 atom stereocenters. The second kappa shape index (κ2) is 18.3. The van der Waals surface area contributed by atoms with E-state index in [9.17, 15) is 0 Å². The predicted molar refractivity (Wildman–Crippen MR) is 174 cm³/mol. The van der Waals surface area contributed by atoms with Crippen LogP contribution >= 0.6 is 0 Å². The molecule has 6 rings (SSSR count). The van der Waals surface area contributed by atoms with Crippen LogP contribution in [-0.2, 0) is 38.7 Å². The number of hydrogen-bond donors (Lipinski definition) is 0. The van der Waals surface area contributed by atoms with E-state index in [-0.39, 0.29) is 50.7 Å². The van der Waals surface area contributed by atoms with Crippen LogP contribution in [0.25, 0.3) is 43.8 Å². The van der Waals surface area contributed by atoms with Gasteiger partial charge in [-0.15, -0.1) is 69.1 Å². The average molecular weight is 758 g/mol. The third kappa shape index (κ3) is 9.27. The van der Waals surface area contributed by atoms with E-state index >= 15 is 0 Å². The molecule has 42 heavy (non-hydrogen) atoms. The van der Waals surface area contributed by atoms with Gasteiger partial charge in [0.15, 0.2) is 0 Å². The van der Waals surface area contributed by atoms with E-state index in [0.29, 0.717) is 0 Å². The summed E-state index contributed by atoms with van der Waals surface area (Å²) in [7, 11) is 0. The molecule has 0 radical (unpaired) electrons. The first-order valence-corrected chi connectivity index (χ1v) is 14.1. The molecule has 0 nitrogen and oxygen atoms in total. The Hall–Kier alpha value is -2.45. The Kier molecular flexibility index (Phi) is 16.3. The van der Waals surface area contributed by atoms with Crippen molar-refractivity contribution in [1.82, 2.24) is 0 Å². The van der Waals surface area contributed by atoms with Crippen LogP contribution in [0.15, 0.2) is 109 Å². The summed E-state index contributed by atoms with van der Waals surface area (Å²) in [6.45, 7) is 15.4. The molecule has 0 unspecified atom stereocenters. The van der Waals surface area contributed by atoms with Crippen molar-refractivity contribution < 1.29 is 50.7 Å². The van der Waals surface area contributed by atoms with Gasteiger partial charge in [-0.3, -0.25) is 0 Å². The molecule has 0 N–H and O–H groups in total. The topological polar surface area (TPSA) is 0 Å². The molecule has 0 spiro atoms. The van der Waals surface area contributed by atoms with Crippen LogP contribution in [0.5, 0.6) is 0 Å². The van der Waals surface area contributed by atoms with Gasteiger partial charge >= 0.3 is 0 Å². The average Bonchev–Trinajstić information content (AvgIpc) is 3.54. The number of rotatable bonds is 4. The van der Waals surface area contributed by atoms with Crippen LogP contribution in [0.4, 0.5) is 0 Å². The van der Waals surface area contributed by atoms with Crippen LogP contribution in [0.1, 0.15) is 42.5 Å². The standard InChI is InChI=1S/2C18H17.C3H6.2ClH.Hf/c2*1-3-14-7-9-15(10-8-14)17-6-4-5-16-11-13(2)12-18(16)17;1-3-2;;;/h2*4-12H,3H2,1-2H3;1-3H2;2*1H;/q2*-1;-2;;;/p-2. The summed E-state index contributed by atoms with van der Waals surface area (Å²) < 4.78 is 0. The summed E-state index contributed by atoms with van der Waals surface area (Å²) in [4.78, 5) is 0. The molecule has 0 saturated heterocycles. The quantitative estimate of drug-likeness (QED) is 0.171. The molecule has 0 aliphatic rings. The third-order valence-corrected chi connectivity index (χ3v) is 7.14. The summed E-state index contributed by atoms with van der Waals surface area (Å²) in [6.07, 6.45) is 2.94. The Bertz CT molecular complexity index is 1500. The largest absolute Gasteiger partial charge is 1.00 e. The molecule has 0 aromatic heterocycles. The summed E-state index contributed by atoms with van der Waals surface area (Å²) >= 11 is 0. The predicted octanol–water partition coefficient (Wildman–Crippen LogP) is 5.24. The molecule has 220 valence electrons. The van der Waals surface area contributed by atoms with Crippen molar-refractivity contribution in [3.05, 3.63) is 145 Å². The first kappa shape index (κ1) is 37.6. The maximum atomic E-state index is 3.38. The zero-order valence-corrected chi connectivity index (χ0v) is 30.3. The van der Waals surface area contributed by atoms with E-state index < -0.39 is 0 Å². The second-order valence-corrected chi connectivity index (χ2v) is 10.1. The van der Waals surface area contributed by atoms with Gasteiger partial charge in [0, 0.05) is 25.8 Å². The van der Waals surface area contributed by atoms with Gasteiger partial charge in [0.05, 0.1) is 0 Å². The molecule has 0 amide bonds. The Labute approximate surface area is 284 Å². The molecule has 0 fully saturated rings. The SMILES string of the molecule is CCc1ccc(-c2cccc3[cH-]c(C)cc23)cc1.CCc1ccc(-c2cccc3[cH-]c(C)cc23)cc1.[CH2-]C[CH2-].[Cl-].[Cl-].[Hf]. The molecular weight excluding hydrogens is 718 g/mol. The molecule has 3 heteroatoms. The van der Waals surface area contributed by atoms with Gasteiger partial charge in [-0.05, 0) is 35.1 Å². The molecule has 0 aliphatic carbocycles. The number of halogens is 2. The van der Waals surface area contributed by atoms with E-state index in [2.05, 4.69) is 151 Å². The second-order valence-electron chi connectivity index (χ2n) is 10.1. The summed E-state index contributed by atoms with van der Waals surface area (Å²) in [5, 5.41) is 5.40. The molecule has 0 aliphatic heterocycles. The third-order valence-electron chi connectivity index (χ3n) is 7.14. The molecule has 6 aromatic rings. The maximum absolute atomic E-state index is 3.38. The van der Waals surface area contributed by atoms with Crippen molar-refractivity contribution in [2.24, 2.45) is 0 Å². The van der Waals surface area contributed by atoms with Crippen molar-refractivity contribution in [1.29, 1.82) is 0 Å². The number of aryl methyl sites for hydroxylation is 4. The summed E-state index contributed by atoms with van der Waals surface area (Å²) in [5.41, 5.74) is 10.7. The van der Waals surface area contributed by atoms with E-state index in [1.807, 2.05) is 0 Å². The van der Waals surface area contributed by atoms with Gasteiger partial charge in [0.2, 0.25) is 0 Å². The van der Waals surface area contributed by atoms with Crippen LogP contribution < -0.4 is 24.8 Å². The first-order valence-electron chi connectivity index (χ1n) is 14.1. The van der Waals surface area contributed by atoms with Crippen LogP contribution in [-0.4, -0.2) is 0 Å². The monoisotopic (exact) mass is 758 g/mol. The van der Waals surface area contributed by atoms with Gasteiger partial charge in [0.1, 0.15) is 0 Å². The zero-order chi connectivity index (χ0) is 27.8. The van der Waals surface area contributed by atoms with Crippen LogP contribution in [0.2, 0.25) is 0 Å². The first-order chi connectivity index (χ1) is 19.0. The van der Waals surface area contributed by atoms with Crippen LogP contribution in [0.3, 0.4) is 0 Å². The zero-order valence-electron chi connectivity index (χ0n) is 25.2. The van der Waals surface area contributed by atoms with Gasteiger partial charge in [-0.2, -0.15) is 12.1 Å². The minimum atomic E-state index is 0. The minimum absolute atomic E-state index is 0. The van der Waals surface area contributed by atoms with E-state index in [0.717, 1.165) is 19.3 Å². The Morgan fingerprint density at radius 2 is 0.881 bits per heavy atom. The Morgan fingerprint density at radius 3 is 1.19 bits per heavy atom. The maximum Gasteiger partial charge on any atom is 0 e. The van der Waals surface area contributed by atoms with E-state index in [4.69, 9.17) is 0 Å². The number of fused-ring (bicyclic) bond motifs is 2. The number of benzene rings is 4. The molecular formula is C39H40Cl2Hf-6. The van der Waals surface area contributed by atoms with Gasteiger partial charge in [0.25, 0.3) is 0 Å². The summed E-state index contributed by atoms with van der Waals surface area (Å²) in [6, 6.07) is 40.0.